The fourth-order valence-corrected chi connectivity index (χ4v) is 5.61. The topological polar surface area (TPSA) is 251 Å². The number of hydrogen-bond donors (Lipinski definition) is 9. The summed E-state index contributed by atoms with van der Waals surface area (Å²) in [5, 5.41) is 92.6. The Hall–Kier alpha value is -6.28. The summed E-state index contributed by atoms with van der Waals surface area (Å²) in [6, 6.07) is 8.95. The molecule has 0 saturated carbocycles. The van der Waals surface area contributed by atoms with Gasteiger partial charge in [0.2, 0.25) is 22.6 Å². The van der Waals surface area contributed by atoms with Gasteiger partial charge in [-0.2, -0.15) is 0 Å². The SMILES string of the molecule is O=C1c2c(O)cc(O)cc2OC2(c3ccc(O)c(O)c3)OC12c1c(O)cc(O)c2c(=O)c(O)c(-c3ccc(O)c(O)c3)oc12. The van der Waals surface area contributed by atoms with Crippen LogP contribution in [0.2, 0.25) is 0 Å². The Morgan fingerprint density at radius 1 is 0.636 bits per heavy atom. The molecule has 0 spiro atoms. The molecule has 2 atom stereocenters. The molecule has 14 heteroatoms. The van der Waals surface area contributed by atoms with Gasteiger partial charge in [0.1, 0.15) is 39.7 Å². The molecule has 7 rings (SSSR count). The van der Waals surface area contributed by atoms with Crippen molar-refractivity contribution in [2.24, 2.45) is 0 Å². The van der Waals surface area contributed by atoms with Crippen molar-refractivity contribution in [2.45, 2.75) is 11.4 Å². The highest BCUT2D eigenvalue weighted by Crippen LogP contribution is 2.70. The van der Waals surface area contributed by atoms with E-state index >= 15 is 0 Å². The highest BCUT2D eigenvalue weighted by Gasteiger charge is 2.83. The molecule has 44 heavy (non-hydrogen) atoms. The minimum absolute atomic E-state index is 0.111. The number of fused-ring (bicyclic) bond motifs is 3. The number of aromatic hydroxyl groups is 9. The van der Waals surface area contributed by atoms with Crippen molar-refractivity contribution < 1.29 is 64.6 Å². The number of carbonyl (C=O) groups is 1. The maximum atomic E-state index is 14.4. The molecule has 2 aliphatic rings. The molecule has 9 N–H and O–H groups in total. The Bertz CT molecular complexity index is 2180. The molecule has 1 fully saturated rings. The van der Waals surface area contributed by atoms with Crippen LogP contribution < -0.4 is 10.2 Å². The van der Waals surface area contributed by atoms with Gasteiger partial charge in [0.05, 0.1) is 5.56 Å². The van der Waals surface area contributed by atoms with Crippen molar-refractivity contribution in [1.29, 1.82) is 0 Å². The zero-order valence-electron chi connectivity index (χ0n) is 21.8. The molecule has 2 aliphatic heterocycles. The predicted molar refractivity (Wildman–Crippen MR) is 145 cm³/mol. The number of hydrogen-bond acceptors (Lipinski definition) is 14. The molecule has 0 aliphatic carbocycles. The lowest BCUT2D eigenvalue weighted by atomic mass is 9.79. The fraction of sp³-hybridized carbons (Fsp3) is 0.0667. The van der Waals surface area contributed by atoms with Gasteiger partial charge in [-0.15, -0.1) is 0 Å². The van der Waals surface area contributed by atoms with Crippen molar-refractivity contribution in [2.75, 3.05) is 0 Å². The van der Waals surface area contributed by atoms with Crippen LogP contribution in [0, 0.1) is 0 Å². The van der Waals surface area contributed by atoms with Crippen LogP contribution in [0.4, 0.5) is 0 Å². The highest BCUT2D eigenvalue weighted by atomic mass is 16.8. The summed E-state index contributed by atoms with van der Waals surface area (Å²) in [4.78, 5) is 27.8. The molecular weight excluding hydrogens is 584 g/mol. The van der Waals surface area contributed by atoms with Crippen molar-refractivity contribution >= 4 is 16.8 Å². The van der Waals surface area contributed by atoms with Crippen molar-refractivity contribution in [1.82, 2.24) is 0 Å². The molecular formula is C30H18O14. The summed E-state index contributed by atoms with van der Waals surface area (Å²) in [6.45, 7) is 0. The molecule has 1 aromatic heterocycles. The van der Waals surface area contributed by atoms with Crippen LogP contribution in [-0.2, 0) is 16.1 Å². The predicted octanol–water partition coefficient (Wildman–Crippen LogP) is 3.16. The van der Waals surface area contributed by atoms with Crippen molar-refractivity contribution in [3.8, 4) is 68.8 Å². The van der Waals surface area contributed by atoms with Gasteiger partial charge in [-0.05, 0) is 36.4 Å². The largest absolute Gasteiger partial charge is 0.508 e. The smallest absolute Gasteiger partial charge is 0.280 e. The van der Waals surface area contributed by atoms with Gasteiger partial charge < -0.3 is 59.8 Å². The first kappa shape index (κ1) is 26.6. The molecule has 0 bridgehead atoms. The van der Waals surface area contributed by atoms with Crippen molar-refractivity contribution in [3.63, 3.8) is 0 Å². The van der Waals surface area contributed by atoms with E-state index in [0.29, 0.717) is 6.07 Å². The third-order valence-corrected chi connectivity index (χ3v) is 7.63. The van der Waals surface area contributed by atoms with Gasteiger partial charge in [-0.3, -0.25) is 9.59 Å². The summed E-state index contributed by atoms with van der Waals surface area (Å²) in [5.41, 5.74) is -5.80. The number of epoxide rings is 1. The normalized spacial score (nSPS) is 20.1. The first-order chi connectivity index (χ1) is 20.8. The van der Waals surface area contributed by atoms with Gasteiger partial charge >= 0.3 is 0 Å². The minimum atomic E-state index is -2.52. The number of carbonyl (C=O) groups excluding carboxylic acids is 1. The van der Waals surface area contributed by atoms with E-state index in [-0.39, 0.29) is 16.9 Å². The standard InChI is InChI=1S/C30H18O14/c31-12-7-17(36)21-20(8-12)43-30(11-2-4-14(33)16(35)6-11)29(44-30,28(21)41)23-19(38)9-18(37)22-24(39)25(40)26(42-27(22)23)10-1-3-13(32)15(34)5-10/h1-9,31-38,40H. The summed E-state index contributed by atoms with van der Waals surface area (Å²) < 4.78 is 17.9. The van der Waals surface area contributed by atoms with E-state index in [1.807, 2.05) is 0 Å². The lowest BCUT2D eigenvalue weighted by Gasteiger charge is -2.28. The van der Waals surface area contributed by atoms with Crippen LogP contribution in [0.25, 0.3) is 22.3 Å². The second kappa shape index (κ2) is 8.39. The monoisotopic (exact) mass is 602 g/mol. The lowest BCUT2D eigenvalue weighted by molar-refractivity contribution is 0.0548. The molecule has 14 nitrogen and oxygen atoms in total. The first-order valence-electron chi connectivity index (χ1n) is 12.6. The number of rotatable bonds is 3. The van der Waals surface area contributed by atoms with Crippen LogP contribution in [0.3, 0.4) is 0 Å². The van der Waals surface area contributed by atoms with Crippen LogP contribution in [0.1, 0.15) is 21.5 Å². The Kier molecular flexibility index (Phi) is 5.07. The number of ether oxygens (including phenoxy) is 2. The quantitative estimate of drug-likeness (QED) is 0.106. The molecule has 1 saturated heterocycles. The van der Waals surface area contributed by atoms with E-state index in [1.54, 1.807) is 0 Å². The maximum Gasteiger partial charge on any atom is 0.280 e. The van der Waals surface area contributed by atoms with E-state index in [9.17, 15) is 55.5 Å². The molecule has 3 heterocycles. The summed E-state index contributed by atoms with van der Waals surface area (Å²) >= 11 is 0. The summed E-state index contributed by atoms with van der Waals surface area (Å²) in [6.07, 6.45) is 0. The third-order valence-electron chi connectivity index (χ3n) is 7.63. The van der Waals surface area contributed by atoms with E-state index in [0.717, 1.165) is 36.4 Å². The van der Waals surface area contributed by atoms with E-state index in [2.05, 4.69) is 0 Å². The first-order valence-corrected chi connectivity index (χ1v) is 12.6. The Labute approximate surface area is 243 Å². The van der Waals surface area contributed by atoms with Gasteiger partial charge in [0.15, 0.2) is 34.3 Å². The molecule has 4 aromatic carbocycles. The number of phenols is 8. The number of phenolic OH excluding ortho intramolecular Hbond substituents is 8. The van der Waals surface area contributed by atoms with Crippen LogP contribution in [-0.4, -0.2) is 51.7 Å². The Balaban J connectivity index is 1.60. The zero-order valence-corrected chi connectivity index (χ0v) is 21.8. The Morgan fingerprint density at radius 2 is 1.32 bits per heavy atom. The highest BCUT2D eigenvalue weighted by molar-refractivity contribution is 6.13. The van der Waals surface area contributed by atoms with Gasteiger partial charge in [0, 0.05) is 29.3 Å². The lowest BCUT2D eigenvalue weighted by Crippen LogP contribution is -2.39. The van der Waals surface area contributed by atoms with E-state index < -0.39 is 102 Å². The second-order valence-electron chi connectivity index (χ2n) is 10.2. The molecule has 2 unspecified atom stereocenters. The van der Waals surface area contributed by atoms with Gasteiger partial charge in [0.25, 0.3) is 5.79 Å². The fourth-order valence-electron chi connectivity index (χ4n) is 5.61. The number of ketones is 1. The zero-order chi connectivity index (χ0) is 31.5. The molecule has 0 amide bonds. The van der Waals surface area contributed by atoms with Crippen LogP contribution in [0.5, 0.6) is 57.5 Å². The average molecular weight is 602 g/mol. The number of benzene rings is 4. The second-order valence-corrected chi connectivity index (χ2v) is 10.2. The summed E-state index contributed by atoms with van der Waals surface area (Å²) in [5.74, 6) is -10.7. The van der Waals surface area contributed by atoms with Crippen LogP contribution in [0.15, 0.2) is 63.8 Å². The van der Waals surface area contributed by atoms with Crippen LogP contribution >= 0.6 is 0 Å². The van der Waals surface area contributed by atoms with Crippen molar-refractivity contribution in [3.05, 3.63) is 81.5 Å². The molecule has 5 aromatic rings. The Morgan fingerprint density at radius 3 is 2.00 bits per heavy atom. The molecule has 0 radical (unpaired) electrons. The van der Waals surface area contributed by atoms with Gasteiger partial charge in [-0.25, -0.2) is 0 Å². The van der Waals surface area contributed by atoms with Gasteiger partial charge in [-0.1, -0.05) is 0 Å². The maximum absolute atomic E-state index is 14.4. The van der Waals surface area contributed by atoms with E-state index in [1.165, 1.54) is 12.1 Å². The van der Waals surface area contributed by atoms with E-state index in [4.69, 9.17) is 13.9 Å². The minimum Gasteiger partial charge on any atom is -0.508 e. The summed E-state index contributed by atoms with van der Waals surface area (Å²) in [7, 11) is 0. The third kappa shape index (κ3) is 3.22. The number of Topliss-reactive ketones (excluding diaryl/α,β-unsaturated/α-hetero) is 1. The molecule has 222 valence electrons. The average Bonchev–Trinajstić information content (AvgIpc) is 3.63.